The van der Waals surface area contributed by atoms with Gasteiger partial charge in [-0.2, -0.15) is 0 Å². The van der Waals surface area contributed by atoms with E-state index in [0.717, 1.165) is 6.42 Å². The molecular weight excluding hydrogens is 210 g/mol. The number of rotatable bonds is 4. The first kappa shape index (κ1) is 13.0. The highest BCUT2D eigenvalue weighted by Gasteiger charge is 2.38. The number of hydrogen-bond acceptors (Lipinski definition) is 3. The van der Waals surface area contributed by atoms with Gasteiger partial charge in [0.15, 0.2) is 0 Å². The van der Waals surface area contributed by atoms with Crippen molar-refractivity contribution in [3.8, 4) is 0 Å². The first-order valence-corrected chi connectivity index (χ1v) is 5.66. The smallest absolute Gasteiger partial charge is 0.326 e. The van der Waals surface area contributed by atoms with Crippen LogP contribution in [0.5, 0.6) is 0 Å². The lowest BCUT2D eigenvalue weighted by molar-refractivity contribution is -0.148. The number of nitrogens with zero attached hydrogens (tertiary/aromatic N) is 1. The highest BCUT2D eigenvalue weighted by atomic mass is 16.4. The Morgan fingerprint density at radius 2 is 2.12 bits per heavy atom. The summed E-state index contributed by atoms with van der Waals surface area (Å²) in [6.45, 7) is 4.10. The maximum absolute atomic E-state index is 11.8. The van der Waals surface area contributed by atoms with Gasteiger partial charge in [-0.3, -0.25) is 4.79 Å². The molecule has 16 heavy (non-hydrogen) atoms. The van der Waals surface area contributed by atoms with Crippen molar-refractivity contribution in [1.29, 1.82) is 0 Å². The van der Waals surface area contributed by atoms with Crippen molar-refractivity contribution in [2.45, 2.75) is 45.3 Å². The quantitative estimate of drug-likeness (QED) is 0.734. The van der Waals surface area contributed by atoms with E-state index in [1.54, 1.807) is 0 Å². The van der Waals surface area contributed by atoms with Crippen molar-refractivity contribution in [3.63, 3.8) is 0 Å². The van der Waals surface area contributed by atoms with E-state index in [1.165, 1.54) is 4.90 Å². The number of aliphatic hydroxyl groups excluding tert-OH is 1. The molecule has 1 heterocycles. The Hall–Kier alpha value is -1.10. The summed E-state index contributed by atoms with van der Waals surface area (Å²) in [4.78, 5) is 24.0. The molecule has 0 aliphatic carbocycles. The van der Waals surface area contributed by atoms with Crippen molar-refractivity contribution in [2.24, 2.45) is 5.92 Å². The van der Waals surface area contributed by atoms with E-state index >= 15 is 0 Å². The molecule has 2 unspecified atom stereocenters. The molecule has 5 nitrogen and oxygen atoms in total. The molecule has 92 valence electrons. The Balaban J connectivity index is 2.63. The van der Waals surface area contributed by atoms with Gasteiger partial charge in [0.05, 0.1) is 6.10 Å². The molecule has 1 saturated heterocycles. The van der Waals surface area contributed by atoms with Crippen LogP contribution in [-0.4, -0.2) is 45.7 Å². The number of amides is 1. The van der Waals surface area contributed by atoms with E-state index < -0.39 is 18.1 Å². The lowest BCUT2D eigenvalue weighted by Crippen LogP contribution is -2.41. The molecule has 2 N–H and O–H groups in total. The van der Waals surface area contributed by atoms with Gasteiger partial charge in [-0.05, 0) is 5.92 Å². The first-order valence-electron chi connectivity index (χ1n) is 5.66. The predicted octanol–water partition coefficient (Wildman–Crippen LogP) is 0.469. The molecule has 1 aliphatic rings. The Labute approximate surface area is 95.1 Å². The fraction of sp³-hybridized carbons (Fsp3) is 0.818. The zero-order valence-corrected chi connectivity index (χ0v) is 9.72. The maximum Gasteiger partial charge on any atom is 0.326 e. The number of carbonyl (C=O) groups is 2. The standard InChI is InChI=1S/C11H19NO4/c1-3-7(2)4-10(14)12-6-8(13)5-9(12)11(15)16/h7-9,13H,3-6H2,1-2H3,(H,15,16)/t7?,8?,9-/m0/s1. The minimum Gasteiger partial charge on any atom is -0.480 e. The Kier molecular flexibility index (Phi) is 4.29. The number of carboxylic acids is 1. The van der Waals surface area contributed by atoms with Crippen LogP contribution in [0.2, 0.25) is 0 Å². The highest BCUT2D eigenvalue weighted by Crippen LogP contribution is 2.21. The topological polar surface area (TPSA) is 77.8 Å². The van der Waals surface area contributed by atoms with Gasteiger partial charge in [-0.25, -0.2) is 4.79 Å². The van der Waals surface area contributed by atoms with Crippen LogP contribution in [0.25, 0.3) is 0 Å². The van der Waals surface area contributed by atoms with E-state index in [4.69, 9.17) is 5.11 Å². The lowest BCUT2D eigenvalue weighted by atomic mass is 10.0. The van der Waals surface area contributed by atoms with Crippen LogP contribution in [0.15, 0.2) is 0 Å². The summed E-state index contributed by atoms with van der Waals surface area (Å²) in [7, 11) is 0. The van der Waals surface area contributed by atoms with Gasteiger partial charge in [0, 0.05) is 19.4 Å². The van der Waals surface area contributed by atoms with E-state index in [0.29, 0.717) is 6.42 Å². The van der Waals surface area contributed by atoms with Crippen LogP contribution in [0.4, 0.5) is 0 Å². The first-order chi connectivity index (χ1) is 7.45. The minimum absolute atomic E-state index is 0.140. The van der Waals surface area contributed by atoms with Crippen LogP contribution in [0, 0.1) is 5.92 Å². The number of carbonyl (C=O) groups excluding carboxylic acids is 1. The minimum atomic E-state index is -1.03. The largest absolute Gasteiger partial charge is 0.480 e. The molecule has 0 radical (unpaired) electrons. The van der Waals surface area contributed by atoms with Gasteiger partial charge < -0.3 is 15.1 Å². The molecule has 1 aliphatic heterocycles. The third-order valence-corrected chi connectivity index (χ3v) is 3.10. The Morgan fingerprint density at radius 1 is 1.50 bits per heavy atom. The zero-order chi connectivity index (χ0) is 12.3. The number of aliphatic hydroxyl groups is 1. The fourth-order valence-electron chi connectivity index (χ4n) is 1.88. The molecular formula is C11H19NO4. The van der Waals surface area contributed by atoms with E-state index in [9.17, 15) is 14.7 Å². The van der Waals surface area contributed by atoms with Crippen molar-refractivity contribution >= 4 is 11.9 Å². The van der Waals surface area contributed by atoms with Gasteiger partial charge in [0.1, 0.15) is 6.04 Å². The van der Waals surface area contributed by atoms with Gasteiger partial charge >= 0.3 is 5.97 Å². The third-order valence-electron chi connectivity index (χ3n) is 3.10. The molecule has 5 heteroatoms. The lowest BCUT2D eigenvalue weighted by Gasteiger charge is -2.22. The summed E-state index contributed by atoms with van der Waals surface area (Å²) >= 11 is 0. The van der Waals surface area contributed by atoms with Gasteiger partial charge in [0.2, 0.25) is 5.91 Å². The summed E-state index contributed by atoms with van der Waals surface area (Å²) in [5, 5.41) is 18.3. The maximum atomic E-state index is 11.8. The second-order valence-corrected chi connectivity index (χ2v) is 4.51. The van der Waals surface area contributed by atoms with E-state index in [-0.39, 0.29) is 24.8 Å². The molecule has 0 aromatic heterocycles. The highest BCUT2D eigenvalue weighted by molar-refractivity contribution is 5.84. The van der Waals surface area contributed by atoms with Crippen molar-refractivity contribution < 1.29 is 19.8 Å². The second-order valence-electron chi connectivity index (χ2n) is 4.51. The molecule has 0 saturated carbocycles. The molecule has 0 spiro atoms. The summed E-state index contributed by atoms with van der Waals surface area (Å²) in [6, 6.07) is -0.855. The Bertz CT molecular complexity index is 279. The van der Waals surface area contributed by atoms with Gasteiger partial charge in [-0.15, -0.1) is 0 Å². The van der Waals surface area contributed by atoms with E-state index in [2.05, 4.69) is 0 Å². The molecule has 3 atom stereocenters. The molecule has 0 aromatic rings. The normalized spacial score (nSPS) is 26.8. The molecule has 1 fully saturated rings. The number of aliphatic carboxylic acids is 1. The van der Waals surface area contributed by atoms with Crippen molar-refractivity contribution in [2.75, 3.05) is 6.54 Å². The fourth-order valence-corrected chi connectivity index (χ4v) is 1.88. The van der Waals surface area contributed by atoms with Crippen LogP contribution >= 0.6 is 0 Å². The molecule has 1 amide bonds. The number of carboxylic acid groups (broad SMARTS) is 1. The second kappa shape index (κ2) is 5.30. The third kappa shape index (κ3) is 2.95. The molecule has 0 aromatic carbocycles. The average molecular weight is 229 g/mol. The Morgan fingerprint density at radius 3 is 2.62 bits per heavy atom. The van der Waals surface area contributed by atoms with Crippen molar-refractivity contribution in [1.82, 2.24) is 4.90 Å². The zero-order valence-electron chi connectivity index (χ0n) is 9.72. The van der Waals surface area contributed by atoms with Gasteiger partial charge in [0.25, 0.3) is 0 Å². The monoisotopic (exact) mass is 229 g/mol. The molecule has 0 bridgehead atoms. The summed E-state index contributed by atoms with van der Waals surface area (Å²) in [6.07, 6.45) is 0.677. The SMILES string of the molecule is CCC(C)CC(=O)N1CC(O)C[C@H]1C(=O)O. The number of β-amino-alcohol motifs (C(OH)–C–C–N with tert-alkyl or cyclic N) is 1. The average Bonchev–Trinajstić information content (AvgIpc) is 2.60. The summed E-state index contributed by atoms with van der Waals surface area (Å²) in [5.74, 6) is -0.952. The number of likely N-dealkylation sites (tertiary alicyclic amines) is 1. The van der Waals surface area contributed by atoms with Crippen LogP contribution in [0.1, 0.15) is 33.1 Å². The van der Waals surface area contributed by atoms with Gasteiger partial charge in [-0.1, -0.05) is 20.3 Å². The van der Waals surface area contributed by atoms with Crippen molar-refractivity contribution in [3.05, 3.63) is 0 Å². The number of hydrogen-bond donors (Lipinski definition) is 2. The summed E-state index contributed by atoms with van der Waals surface area (Å²) in [5.41, 5.74) is 0. The van der Waals surface area contributed by atoms with Crippen LogP contribution in [0.3, 0.4) is 0 Å². The predicted molar refractivity (Wildman–Crippen MR) is 57.8 cm³/mol. The van der Waals surface area contributed by atoms with Crippen LogP contribution in [-0.2, 0) is 9.59 Å². The van der Waals surface area contributed by atoms with Crippen LogP contribution < -0.4 is 0 Å². The van der Waals surface area contributed by atoms with E-state index in [1.807, 2.05) is 13.8 Å². The molecule has 1 rings (SSSR count). The summed E-state index contributed by atoms with van der Waals surface area (Å²) < 4.78 is 0.